The van der Waals surface area contributed by atoms with E-state index >= 15 is 0 Å². The molecule has 5 nitrogen and oxygen atoms in total. The van der Waals surface area contributed by atoms with Gasteiger partial charge in [-0.25, -0.2) is 13.6 Å². The number of carbonyl (C=O) groups excluding carboxylic acids is 1. The van der Waals surface area contributed by atoms with Gasteiger partial charge in [0.25, 0.3) is 5.91 Å². The van der Waals surface area contributed by atoms with E-state index in [1.54, 1.807) is 12.1 Å². The Hall–Kier alpha value is -2.70. The van der Waals surface area contributed by atoms with Crippen LogP contribution in [0.3, 0.4) is 0 Å². The van der Waals surface area contributed by atoms with Crippen molar-refractivity contribution in [2.24, 2.45) is 5.92 Å². The summed E-state index contributed by atoms with van der Waals surface area (Å²) in [5.41, 5.74) is 6.36. The fraction of sp³-hybridized carbons (Fsp3) is 0.368. The van der Waals surface area contributed by atoms with Gasteiger partial charge in [0.05, 0.1) is 5.56 Å². The average Bonchev–Trinajstić information content (AvgIpc) is 2.59. The predicted molar refractivity (Wildman–Crippen MR) is 94.2 cm³/mol. The standard InChI is InChI=1S/C19H20F2N2O3/c20-19(21)7-5-11(6-8-19)16(18(25)26)23-17(24)14-9-12-3-1-2-4-13(12)10-15(14)22/h1-4,9-11,16H,5-8,22H2,(H,23,24)(H,25,26)/t16-/m0/s1. The average molecular weight is 362 g/mol. The Kier molecular flexibility index (Phi) is 4.80. The molecule has 4 N–H and O–H groups in total. The van der Waals surface area contributed by atoms with E-state index < -0.39 is 29.8 Å². The van der Waals surface area contributed by atoms with Crippen LogP contribution < -0.4 is 11.1 Å². The normalized spacial score (nSPS) is 18.4. The first-order chi connectivity index (χ1) is 12.3. The van der Waals surface area contributed by atoms with Crippen LogP contribution in [0.25, 0.3) is 10.8 Å². The zero-order chi connectivity index (χ0) is 18.9. The molecule has 2 aromatic carbocycles. The van der Waals surface area contributed by atoms with E-state index in [1.165, 1.54) is 0 Å². The van der Waals surface area contributed by atoms with Gasteiger partial charge in [-0.05, 0) is 41.7 Å². The lowest BCUT2D eigenvalue weighted by Crippen LogP contribution is -2.48. The maximum atomic E-state index is 13.3. The number of carboxylic acid groups (broad SMARTS) is 1. The number of nitrogen functional groups attached to an aromatic ring is 1. The molecule has 1 atom stereocenters. The molecule has 1 aliphatic carbocycles. The van der Waals surface area contributed by atoms with Crippen molar-refractivity contribution < 1.29 is 23.5 Å². The molecule has 1 fully saturated rings. The molecule has 0 radical (unpaired) electrons. The van der Waals surface area contributed by atoms with Gasteiger partial charge >= 0.3 is 5.97 Å². The van der Waals surface area contributed by atoms with Crippen LogP contribution in [-0.4, -0.2) is 28.9 Å². The van der Waals surface area contributed by atoms with Gasteiger partial charge in [0.15, 0.2) is 0 Å². The minimum Gasteiger partial charge on any atom is -0.480 e. The first kappa shape index (κ1) is 18.1. The summed E-state index contributed by atoms with van der Waals surface area (Å²) in [6, 6.07) is 9.39. The second-order valence-corrected chi connectivity index (χ2v) is 6.77. The van der Waals surface area contributed by atoms with Crippen molar-refractivity contribution in [1.82, 2.24) is 5.32 Å². The van der Waals surface area contributed by atoms with E-state index in [0.29, 0.717) is 0 Å². The highest BCUT2D eigenvalue weighted by Gasteiger charge is 2.40. The van der Waals surface area contributed by atoms with E-state index in [9.17, 15) is 23.5 Å². The van der Waals surface area contributed by atoms with Crippen molar-refractivity contribution in [2.45, 2.75) is 37.6 Å². The Bertz CT molecular complexity index is 844. The van der Waals surface area contributed by atoms with Crippen molar-refractivity contribution in [2.75, 3.05) is 5.73 Å². The Labute approximate surface area is 149 Å². The molecular formula is C19H20F2N2O3. The predicted octanol–water partition coefficient (Wildman–Crippen LogP) is 3.43. The lowest BCUT2D eigenvalue weighted by Gasteiger charge is -2.32. The van der Waals surface area contributed by atoms with E-state index in [2.05, 4.69) is 5.32 Å². The highest BCUT2D eigenvalue weighted by molar-refractivity contribution is 6.05. The van der Waals surface area contributed by atoms with E-state index in [4.69, 9.17) is 5.73 Å². The number of hydrogen-bond donors (Lipinski definition) is 3. The summed E-state index contributed by atoms with van der Waals surface area (Å²) < 4.78 is 26.6. The van der Waals surface area contributed by atoms with Crippen LogP contribution in [0.1, 0.15) is 36.0 Å². The lowest BCUT2D eigenvalue weighted by atomic mass is 9.82. The van der Waals surface area contributed by atoms with Crippen molar-refractivity contribution in [1.29, 1.82) is 0 Å². The van der Waals surface area contributed by atoms with Gasteiger partial charge in [0.2, 0.25) is 5.92 Å². The number of hydrogen-bond acceptors (Lipinski definition) is 3. The molecule has 0 aromatic heterocycles. The van der Waals surface area contributed by atoms with Gasteiger partial charge in [-0.1, -0.05) is 24.3 Å². The van der Waals surface area contributed by atoms with Crippen LogP contribution in [0.4, 0.5) is 14.5 Å². The first-order valence-electron chi connectivity index (χ1n) is 8.46. The second-order valence-electron chi connectivity index (χ2n) is 6.77. The molecule has 0 heterocycles. The number of carboxylic acids is 1. The number of alkyl halides is 2. The van der Waals surface area contributed by atoms with Gasteiger partial charge < -0.3 is 16.2 Å². The van der Waals surface area contributed by atoms with Crippen molar-refractivity contribution in [3.63, 3.8) is 0 Å². The van der Waals surface area contributed by atoms with Crippen molar-refractivity contribution in [3.05, 3.63) is 42.0 Å². The number of nitrogens with one attached hydrogen (secondary N) is 1. The maximum Gasteiger partial charge on any atom is 0.326 e. The summed E-state index contributed by atoms with van der Waals surface area (Å²) >= 11 is 0. The molecule has 2 aromatic rings. The highest BCUT2D eigenvalue weighted by atomic mass is 19.3. The molecule has 1 amide bonds. The molecular weight excluding hydrogens is 342 g/mol. The van der Waals surface area contributed by atoms with E-state index in [-0.39, 0.29) is 36.9 Å². The molecule has 0 unspecified atom stereocenters. The topological polar surface area (TPSA) is 92.4 Å². The Balaban J connectivity index is 1.80. The van der Waals surface area contributed by atoms with Gasteiger partial charge in [0.1, 0.15) is 6.04 Å². The molecule has 1 saturated carbocycles. The number of carbonyl (C=O) groups is 2. The maximum absolute atomic E-state index is 13.3. The molecule has 3 rings (SSSR count). The summed E-state index contributed by atoms with van der Waals surface area (Å²) in [5, 5.41) is 13.6. The number of halogens is 2. The van der Waals surface area contributed by atoms with Gasteiger partial charge in [-0.3, -0.25) is 4.79 Å². The minimum absolute atomic E-state index is 0.0530. The second kappa shape index (κ2) is 6.90. The fourth-order valence-electron chi connectivity index (χ4n) is 3.45. The molecule has 1 aliphatic rings. The number of rotatable bonds is 4. The molecule has 0 spiro atoms. The Morgan fingerprint density at radius 3 is 2.31 bits per heavy atom. The highest BCUT2D eigenvalue weighted by Crippen LogP contribution is 2.37. The zero-order valence-corrected chi connectivity index (χ0v) is 14.0. The summed E-state index contributed by atoms with van der Waals surface area (Å²) in [6.45, 7) is 0. The molecule has 0 saturated heterocycles. The van der Waals surface area contributed by atoms with Crippen molar-refractivity contribution >= 4 is 28.3 Å². The lowest BCUT2D eigenvalue weighted by molar-refractivity contribution is -0.142. The van der Waals surface area contributed by atoms with Gasteiger partial charge in [-0.2, -0.15) is 0 Å². The summed E-state index contributed by atoms with van der Waals surface area (Å²) in [4.78, 5) is 24.2. The summed E-state index contributed by atoms with van der Waals surface area (Å²) in [5.74, 6) is -5.13. The van der Waals surface area contributed by atoms with Crippen molar-refractivity contribution in [3.8, 4) is 0 Å². The van der Waals surface area contributed by atoms with Gasteiger partial charge in [-0.15, -0.1) is 0 Å². The van der Waals surface area contributed by atoms with Crippen LogP contribution in [0.2, 0.25) is 0 Å². The number of aliphatic carboxylic acids is 1. The van der Waals surface area contributed by atoms with Crippen LogP contribution >= 0.6 is 0 Å². The number of anilines is 1. The van der Waals surface area contributed by atoms with Gasteiger partial charge in [0, 0.05) is 18.5 Å². The number of fused-ring (bicyclic) bond motifs is 1. The van der Waals surface area contributed by atoms with Crippen LogP contribution in [0.5, 0.6) is 0 Å². The molecule has 138 valence electrons. The largest absolute Gasteiger partial charge is 0.480 e. The van der Waals surface area contributed by atoms with Crippen LogP contribution in [0, 0.1) is 5.92 Å². The third-order valence-electron chi connectivity index (χ3n) is 4.95. The fourth-order valence-corrected chi connectivity index (χ4v) is 3.45. The van der Waals surface area contributed by atoms with Crippen LogP contribution in [0.15, 0.2) is 36.4 Å². The molecule has 26 heavy (non-hydrogen) atoms. The number of amides is 1. The zero-order valence-electron chi connectivity index (χ0n) is 14.0. The summed E-state index contributed by atoms with van der Waals surface area (Å²) in [6.07, 6.45) is -0.625. The van der Waals surface area contributed by atoms with Crippen LogP contribution in [-0.2, 0) is 4.79 Å². The monoisotopic (exact) mass is 362 g/mol. The van der Waals surface area contributed by atoms with E-state index in [0.717, 1.165) is 10.8 Å². The summed E-state index contributed by atoms with van der Waals surface area (Å²) in [7, 11) is 0. The third-order valence-corrected chi connectivity index (χ3v) is 4.95. The molecule has 0 aliphatic heterocycles. The molecule has 7 heteroatoms. The Morgan fingerprint density at radius 2 is 1.73 bits per heavy atom. The third kappa shape index (κ3) is 3.76. The van der Waals surface area contributed by atoms with E-state index in [1.807, 2.05) is 24.3 Å². The quantitative estimate of drug-likeness (QED) is 0.727. The number of benzene rings is 2. The first-order valence-corrected chi connectivity index (χ1v) is 8.46. The SMILES string of the molecule is Nc1cc2ccccc2cc1C(=O)N[C@H](C(=O)O)C1CCC(F)(F)CC1. The smallest absolute Gasteiger partial charge is 0.326 e. The minimum atomic E-state index is -2.76. The molecule has 0 bridgehead atoms. The Morgan fingerprint density at radius 1 is 1.15 bits per heavy atom. The number of nitrogens with two attached hydrogens (primary N) is 1.